The summed E-state index contributed by atoms with van der Waals surface area (Å²) >= 11 is 3.33. The van der Waals surface area contributed by atoms with E-state index in [1.807, 2.05) is 13.0 Å². The molecule has 2 amide bonds. The molecule has 6 heteroatoms. The van der Waals surface area contributed by atoms with E-state index < -0.39 is 6.04 Å². The molecule has 2 rings (SSSR count). The fraction of sp³-hybridized carbons (Fsp3) is 0.462. The number of hydrogen-bond donors (Lipinski definition) is 1. The number of nitrogens with one attached hydrogen (secondary N) is 1. The molecular formula is C13H16BrN3O2. The van der Waals surface area contributed by atoms with E-state index in [4.69, 9.17) is 0 Å². The van der Waals surface area contributed by atoms with E-state index in [1.165, 1.54) is 0 Å². The van der Waals surface area contributed by atoms with Crippen molar-refractivity contribution in [1.29, 1.82) is 0 Å². The number of pyridine rings is 1. The largest absolute Gasteiger partial charge is 0.331 e. The van der Waals surface area contributed by atoms with Crippen molar-refractivity contribution in [3.05, 3.63) is 22.8 Å². The molecule has 1 aliphatic heterocycles. The van der Waals surface area contributed by atoms with Crippen LogP contribution in [0.1, 0.15) is 26.2 Å². The molecule has 2 heterocycles. The van der Waals surface area contributed by atoms with Crippen molar-refractivity contribution < 1.29 is 9.59 Å². The van der Waals surface area contributed by atoms with Crippen LogP contribution in [0.5, 0.6) is 0 Å². The van der Waals surface area contributed by atoms with Crippen molar-refractivity contribution in [3.63, 3.8) is 0 Å². The standard InChI is InChI=1S/C13H16BrN3O2/c1-2-10(17-8-4-6-11(17)18)13(19)16-12-9(14)5-3-7-15-12/h3,5,7,10H,2,4,6,8H2,1H3,(H,15,16,19)/t10-/m0/s1. The van der Waals surface area contributed by atoms with E-state index >= 15 is 0 Å². The number of aromatic nitrogens is 1. The molecule has 0 unspecified atom stereocenters. The van der Waals surface area contributed by atoms with Crippen molar-refractivity contribution in [2.45, 2.75) is 32.2 Å². The zero-order valence-corrected chi connectivity index (χ0v) is 12.3. The summed E-state index contributed by atoms with van der Waals surface area (Å²) in [6, 6.07) is 3.18. The van der Waals surface area contributed by atoms with Crippen LogP contribution in [0.2, 0.25) is 0 Å². The van der Waals surface area contributed by atoms with Gasteiger partial charge in [-0.3, -0.25) is 9.59 Å². The highest BCUT2D eigenvalue weighted by Gasteiger charge is 2.31. The number of likely N-dealkylation sites (tertiary alicyclic amines) is 1. The Balaban J connectivity index is 2.09. The SMILES string of the molecule is CC[C@@H](C(=O)Nc1ncccc1Br)N1CCCC1=O. The highest BCUT2D eigenvalue weighted by atomic mass is 79.9. The van der Waals surface area contributed by atoms with Gasteiger partial charge in [0.2, 0.25) is 11.8 Å². The first-order chi connectivity index (χ1) is 9.13. The average Bonchev–Trinajstić information content (AvgIpc) is 2.80. The van der Waals surface area contributed by atoms with E-state index in [2.05, 4.69) is 26.2 Å². The lowest BCUT2D eigenvalue weighted by Crippen LogP contribution is -2.44. The maximum Gasteiger partial charge on any atom is 0.248 e. The number of carbonyl (C=O) groups is 2. The molecule has 0 saturated carbocycles. The van der Waals surface area contributed by atoms with Crippen LogP contribution in [0.25, 0.3) is 0 Å². The van der Waals surface area contributed by atoms with Gasteiger partial charge in [0.1, 0.15) is 11.9 Å². The van der Waals surface area contributed by atoms with E-state index in [0.29, 0.717) is 25.2 Å². The highest BCUT2D eigenvalue weighted by Crippen LogP contribution is 2.21. The van der Waals surface area contributed by atoms with E-state index in [0.717, 1.165) is 10.9 Å². The third-order valence-corrected chi connectivity index (χ3v) is 3.82. The fourth-order valence-corrected chi connectivity index (χ4v) is 2.58. The first-order valence-electron chi connectivity index (χ1n) is 6.34. The maximum atomic E-state index is 12.3. The summed E-state index contributed by atoms with van der Waals surface area (Å²) in [4.78, 5) is 29.7. The fourth-order valence-electron chi connectivity index (χ4n) is 2.22. The monoisotopic (exact) mass is 325 g/mol. The normalized spacial score (nSPS) is 16.5. The van der Waals surface area contributed by atoms with Gasteiger partial charge < -0.3 is 10.2 Å². The van der Waals surface area contributed by atoms with Gasteiger partial charge in [0, 0.05) is 19.2 Å². The minimum atomic E-state index is -0.413. The molecule has 0 bridgehead atoms. The van der Waals surface area contributed by atoms with Crippen LogP contribution in [0, 0.1) is 0 Å². The summed E-state index contributed by atoms with van der Waals surface area (Å²) in [6.07, 6.45) is 3.58. The van der Waals surface area contributed by atoms with Crippen molar-refractivity contribution in [1.82, 2.24) is 9.88 Å². The predicted octanol–water partition coefficient (Wildman–Crippen LogP) is 2.18. The quantitative estimate of drug-likeness (QED) is 0.922. The second-order valence-corrected chi connectivity index (χ2v) is 5.29. The van der Waals surface area contributed by atoms with E-state index in [9.17, 15) is 9.59 Å². The summed E-state index contributed by atoms with van der Waals surface area (Å²) in [6.45, 7) is 2.57. The number of nitrogens with zero attached hydrogens (tertiary/aromatic N) is 2. The third kappa shape index (κ3) is 3.12. The predicted molar refractivity (Wildman–Crippen MR) is 75.6 cm³/mol. The molecule has 0 spiro atoms. The Kier molecular flexibility index (Phi) is 4.52. The number of hydrogen-bond acceptors (Lipinski definition) is 3. The number of amides is 2. The molecule has 1 fully saturated rings. The second-order valence-electron chi connectivity index (χ2n) is 4.44. The smallest absolute Gasteiger partial charge is 0.248 e. The first kappa shape index (κ1) is 14.0. The van der Waals surface area contributed by atoms with Gasteiger partial charge in [-0.2, -0.15) is 0 Å². The van der Waals surface area contributed by atoms with Gasteiger partial charge in [0.05, 0.1) is 4.47 Å². The molecule has 0 aliphatic carbocycles. The van der Waals surface area contributed by atoms with Crippen LogP contribution in [0.4, 0.5) is 5.82 Å². The summed E-state index contributed by atoms with van der Waals surface area (Å²) in [5.74, 6) is 0.358. The number of carbonyl (C=O) groups excluding carboxylic acids is 2. The Bertz CT molecular complexity index is 493. The molecule has 1 N–H and O–H groups in total. The van der Waals surface area contributed by atoms with Gasteiger partial charge in [0.25, 0.3) is 0 Å². The van der Waals surface area contributed by atoms with Crippen molar-refractivity contribution in [2.24, 2.45) is 0 Å². The lowest BCUT2D eigenvalue weighted by atomic mass is 10.2. The van der Waals surface area contributed by atoms with Gasteiger partial charge in [-0.1, -0.05) is 6.92 Å². The summed E-state index contributed by atoms with van der Waals surface area (Å²) in [5.41, 5.74) is 0. The molecule has 19 heavy (non-hydrogen) atoms. The Morgan fingerprint density at radius 2 is 2.42 bits per heavy atom. The Morgan fingerprint density at radius 3 is 3.00 bits per heavy atom. The molecule has 0 aromatic carbocycles. The van der Waals surface area contributed by atoms with Crippen LogP contribution in [0.3, 0.4) is 0 Å². The summed E-state index contributed by atoms with van der Waals surface area (Å²) in [7, 11) is 0. The summed E-state index contributed by atoms with van der Waals surface area (Å²) < 4.78 is 0.728. The molecule has 1 aromatic rings. The number of halogens is 1. The first-order valence-corrected chi connectivity index (χ1v) is 7.13. The summed E-state index contributed by atoms with van der Waals surface area (Å²) in [5, 5.41) is 2.77. The van der Waals surface area contributed by atoms with Crippen LogP contribution >= 0.6 is 15.9 Å². The zero-order chi connectivity index (χ0) is 13.8. The minimum absolute atomic E-state index is 0.0575. The van der Waals surface area contributed by atoms with Gasteiger partial charge in [-0.15, -0.1) is 0 Å². The molecular weight excluding hydrogens is 310 g/mol. The van der Waals surface area contributed by atoms with Crippen molar-refractivity contribution >= 4 is 33.6 Å². The topological polar surface area (TPSA) is 62.3 Å². The molecule has 1 saturated heterocycles. The molecule has 1 aliphatic rings. The number of rotatable bonds is 4. The van der Waals surface area contributed by atoms with Gasteiger partial charge in [0.15, 0.2) is 0 Å². The molecule has 0 radical (unpaired) electrons. The van der Waals surface area contributed by atoms with E-state index in [-0.39, 0.29) is 11.8 Å². The highest BCUT2D eigenvalue weighted by molar-refractivity contribution is 9.10. The number of anilines is 1. The minimum Gasteiger partial charge on any atom is -0.331 e. The van der Waals surface area contributed by atoms with Crippen LogP contribution in [-0.4, -0.2) is 34.3 Å². The Labute approximate surface area is 120 Å². The van der Waals surface area contributed by atoms with Gasteiger partial charge in [-0.05, 0) is 40.9 Å². The molecule has 5 nitrogen and oxygen atoms in total. The zero-order valence-electron chi connectivity index (χ0n) is 10.7. The molecule has 1 atom stereocenters. The van der Waals surface area contributed by atoms with Crippen molar-refractivity contribution in [3.8, 4) is 0 Å². The van der Waals surface area contributed by atoms with Crippen molar-refractivity contribution in [2.75, 3.05) is 11.9 Å². The van der Waals surface area contributed by atoms with E-state index in [1.54, 1.807) is 17.2 Å². The van der Waals surface area contributed by atoms with Crippen LogP contribution in [-0.2, 0) is 9.59 Å². The Hall–Kier alpha value is -1.43. The molecule has 102 valence electrons. The van der Waals surface area contributed by atoms with Gasteiger partial charge >= 0.3 is 0 Å². The second kappa shape index (κ2) is 6.14. The Morgan fingerprint density at radius 1 is 1.63 bits per heavy atom. The van der Waals surface area contributed by atoms with Crippen LogP contribution < -0.4 is 5.32 Å². The lowest BCUT2D eigenvalue weighted by Gasteiger charge is -2.25. The van der Waals surface area contributed by atoms with Crippen LogP contribution in [0.15, 0.2) is 22.8 Å². The average molecular weight is 326 g/mol. The van der Waals surface area contributed by atoms with Gasteiger partial charge in [-0.25, -0.2) is 4.98 Å². The molecule has 1 aromatic heterocycles. The third-order valence-electron chi connectivity index (χ3n) is 3.18. The maximum absolute atomic E-state index is 12.3. The lowest BCUT2D eigenvalue weighted by molar-refractivity contribution is -0.135.